The number of pyridine rings is 1. The summed E-state index contributed by atoms with van der Waals surface area (Å²) in [7, 11) is 0. The number of aryl methyl sites for hydroxylation is 1. The van der Waals surface area contributed by atoms with Crippen molar-refractivity contribution >= 4 is 22.8 Å². The number of fused-ring (bicyclic) bond motifs is 1. The fraction of sp³-hybridized carbons (Fsp3) is 0.353. The molecule has 3 aromatic heterocycles. The zero-order valence-electron chi connectivity index (χ0n) is 12.6. The molecule has 3 aromatic rings. The molecule has 4 nitrogen and oxygen atoms in total. The van der Waals surface area contributed by atoms with Gasteiger partial charge in [-0.05, 0) is 42.8 Å². The SMILES string of the molecule is Cc1ccc2nc(-c3cccs3)c(NC[C@H]3CCCO3)n2c1. The van der Waals surface area contributed by atoms with Gasteiger partial charge in [0.25, 0.3) is 0 Å². The Balaban J connectivity index is 1.74. The molecule has 4 heterocycles. The van der Waals surface area contributed by atoms with Crippen LogP contribution in [-0.2, 0) is 4.74 Å². The van der Waals surface area contributed by atoms with Crippen molar-refractivity contribution in [3.63, 3.8) is 0 Å². The van der Waals surface area contributed by atoms with Crippen LogP contribution in [0.1, 0.15) is 18.4 Å². The molecule has 0 spiro atoms. The lowest BCUT2D eigenvalue weighted by Crippen LogP contribution is -2.19. The van der Waals surface area contributed by atoms with Crippen molar-refractivity contribution in [3.8, 4) is 10.6 Å². The molecule has 0 radical (unpaired) electrons. The third-order valence-electron chi connectivity index (χ3n) is 4.04. The van der Waals surface area contributed by atoms with Gasteiger partial charge in [-0.3, -0.25) is 4.40 Å². The van der Waals surface area contributed by atoms with Gasteiger partial charge in [-0.25, -0.2) is 4.98 Å². The Hall–Kier alpha value is -1.85. The first-order valence-electron chi connectivity index (χ1n) is 7.69. The molecule has 0 bridgehead atoms. The topological polar surface area (TPSA) is 38.6 Å². The molecule has 1 aliphatic heterocycles. The van der Waals surface area contributed by atoms with E-state index in [-0.39, 0.29) is 0 Å². The molecule has 5 heteroatoms. The summed E-state index contributed by atoms with van der Waals surface area (Å²) < 4.78 is 7.88. The normalized spacial score (nSPS) is 18.1. The molecule has 0 unspecified atom stereocenters. The zero-order valence-corrected chi connectivity index (χ0v) is 13.4. The van der Waals surface area contributed by atoms with E-state index in [1.165, 1.54) is 10.4 Å². The van der Waals surface area contributed by atoms with Crippen molar-refractivity contribution in [2.75, 3.05) is 18.5 Å². The number of rotatable bonds is 4. The first-order chi connectivity index (χ1) is 10.8. The highest BCUT2D eigenvalue weighted by molar-refractivity contribution is 7.13. The Morgan fingerprint density at radius 3 is 3.14 bits per heavy atom. The Morgan fingerprint density at radius 1 is 1.41 bits per heavy atom. The molecule has 1 fully saturated rings. The first-order valence-corrected chi connectivity index (χ1v) is 8.57. The molecule has 4 rings (SSSR count). The summed E-state index contributed by atoms with van der Waals surface area (Å²) in [4.78, 5) is 6.00. The van der Waals surface area contributed by atoms with Gasteiger partial charge in [0.1, 0.15) is 17.2 Å². The van der Waals surface area contributed by atoms with Crippen LogP contribution in [0, 0.1) is 6.92 Å². The average Bonchev–Trinajstić information content (AvgIpc) is 3.25. The molecule has 1 atom stereocenters. The smallest absolute Gasteiger partial charge is 0.139 e. The maximum Gasteiger partial charge on any atom is 0.139 e. The van der Waals surface area contributed by atoms with Gasteiger partial charge >= 0.3 is 0 Å². The van der Waals surface area contributed by atoms with Gasteiger partial charge < -0.3 is 10.1 Å². The van der Waals surface area contributed by atoms with Gasteiger partial charge in [0, 0.05) is 19.3 Å². The average molecular weight is 313 g/mol. The van der Waals surface area contributed by atoms with E-state index in [1.807, 2.05) is 0 Å². The number of hydrogen-bond donors (Lipinski definition) is 1. The standard InChI is InChI=1S/C17H19N3OS/c1-12-6-7-15-19-16(14-5-3-9-22-14)17(20(15)11-12)18-10-13-4-2-8-21-13/h3,5-7,9,11,13,18H,2,4,8,10H2,1H3/t13-/m1/s1. The molecule has 114 valence electrons. The van der Waals surface area contributed by atoms with Crippen LogP contribution in [-0.4, -0.2) is 28.6 Å². The van der Waals surface area contributed by atoms with Crippen LogP contribution in [0.25, 0.3) is 16.2 Å². The molecule has 0 aromatic carbocycles. The summed E-state index contributed by atoms with van der Waals surface area (Å²) in [6, 6.07) is 8.36. The minimum absolute atomic E-state index is 0.312. The van der Waals surface area contributed by atoms with Gasteiger partial charge in [0.2, 0.25) is 0 Å². The maximum absolute atomic E-state index is 5.73. The molecule has 22 heavy (non-hydrogen) atoms. The number of aromatic nitrogens is 2. The van der Waals surface area contributed by atoms with Crippen LogP contribution >= 0.6 is 11.3 Å². The predicted molar refractivity (Wildman–Crippen MR) is 90.7 cm³/mol. The molecular weight excluding hydrogens is 294 g/mol. The number of imidazole rings is 1. The van der Waals surface area contributed by atoms with Crippen molar-refractivity contribution in [1.82, 2.24) is 9.38 Å². The lowest BCUT2D eigenvalue weighted by Gasteiger charge is -2.13. The van der Waals surface area contributed by atoms with Gasteiger partial charge in [0.05, 0.1) is 11.0 Å². The highest BCUT2D eigenvalue weighted by Gasteiger charge is 2.19. The molecular formula is C17H19N3OS. The molecule has 1 N–H and O–H groups in total. The third kappa shape index (κ3) is 2.51. The Kier molecular flexibility index (Phi) is 3.60. The van der Waals surface area contributed by atoms with Crippen molar-refractivity contribution in [1.29, 1.82) is 0 Å². The number of nitrogens with zero attached hydrogens (tertiary/aromatic N) is 2. The predicted octanol–water partition coefficient (Wildman–Crippen LogP) is 3.96. The van der Waals surface area contributed by atoms with E-state index in [0.29, 0.717) is 6.10 Å². The third-order valence-corrected chi connectivity index (χ3v) is 4.92. The van der Waals surface area contributed by atoms with E-state index >= 15 is 0 Å². The second-order valence-corrected chi connectivity index (χ2v) is 6.68. The fourth-order valence-electron chi connectivity index (χ4n) is 2.92. The van der Waals surface area contributed by atoms with Crippen LogP contribution in [0.2, 0.25) is 0 Å². The van der Waals surface area contributed by atoms with Crippen LogP contribution in [0.4, 0.5) is 5.82 Å². The molecule has 0 saturated carbocycles. The van der Waals surface area contributed by atoms with E-state index in [9.17, 15) is 0 Å². The summed E-state index contributed by atoms with van der Waals surface area (Å²) in [5.41, 5.74) is 3.23. The number of hydrogen-bond acceptors (Lipinski definition) is 4. The van der Waals surface area contributed by atoms with Gasteiger partial charge in [-0.15, -0.1) is 11.3 Å². The monoisotopic (exact) mass is 313 g/mol. The largest absolute Gasteiger partial charge is 0.376 e. The van der Waals surface area contributed by atoms with E-state index in [0.717, 1.165) is 43.2 Å². The number of thiophene rings is 1. The Labute approximate surface area is 133 Å². The Bertz CT molecular complexity index is 773. The summed E-state index contributed by atoms with van der Waals surface area (Å²) >= 11 is 1.72. The number of anilines is 1. The molecule has 0 aliphatic carbocycles. The van der Waals surface area contributed by atoms with Crippen LogP contribution in [0.3, 0.4) is 0 Å². The van der Waals surface area contributed by atoms with Gasteiger partial charge in [-0.1, -0.05) is 12.1 Å². The van der Waals surface area contributed by atoms with Crippen molar-refractivity contribution in [2.24, 2.45) is 0 Å². The van der Waals surface area contributed by atoms with Gasteiger partial charge in [0.15, 0.2) is 0 Å². The molecule has 1 aliphatic rings. The zero-order chi connectivity index (χ0) is 14.9. The van der Waals surface area contributed by atoms with Crippen LogP contribution in [0.15, 0.2) is 35.8 Å². The second-order valence-electron chi connectivity index (χ2n) is 5.74. The van der Waals surface area contributed by atoms with Gasteiger partial charge in [-0.2, -0.15) is 0 Å². The van der Waals surface area contributed by atoms with E-state index in [1.54, 1.807) is 11.3 Å². The highest BCUT2D eigenvalue weighted by atomic mass is 32.1. The lowest BCUT2D eigenvalue weighted by atomic mass is 10.2. The maximum atomic E-state index is 5.73. The molecule has 1 saturated heterocycles. The number of nitrogens with one attached hydrogen (secondary N) is 1. The summed E-state index contributed by atoms with van der Waals surface area (Å²) in [6.07, 6.45) is 4.75. The summed E-state index contributed by atoms with van der Waals surface area (Å²) in [5, 5.41) is 5.67. The van der Waals surface area contributed by atoms with Crippen molar-refractivity contribution in [3.05, 3.63) is 41.4 Å². The summed E-state index contributed by atoms with van der Waals surface area (Å²) in [6.45, 7) is 3.82. The first kappa shape index (κ1) is 13.8. The minimum Gasteiger partial charge on any atom is -0.376 e. The van der Waals surface area contributed by atoms with Crippen molar-refractivity contribution in [2.45, 2.75) is 25.9 Å². The highest BCUT2D eigenvalue weighted by Crippen LogP contribution is 2.32. The quantitative estimate of drug-likeness (QED) is 0.792. The summed E-state index contributed by atoms with van der Waals surface area (Å²) in [5.74, 6) is 1.07. The van der Waals surface area contributed by atoms with E-state index in [2.05, 4.69) is 52.5 Å². The van der Waals surface area contributed by atoms with Crippen molar-refractivity contribution < 1.29 is 4.74 Å². The number of ether oxygens (including phenoxy) is 1. The Morgan fingerprint density at radius 2 is 2.36 bits per heavy atom. The molecule has 0 amide bonds. The van der Waals surface area contributed by atoms with Crippen LogP contribution in [0.5, 0.6) is 0 Å². The van der Waals surface area contributed by atoms with E-state index in [4.69, 9.17) is 9.72 Å². The lowest BCUT2D eigenvalue weighted by molar-refractivity contribution is 0.120. The van der Waals surface area contributed by atoms with Crippen LogP contribution < -0.4 is 5.32 Å². The minimum atomic E-state index is 0.312. The fourth-order valence-corrected chi connectivity index (χ4v) is 3.64. The second kappa shape index (κ2) is 5.74. The van der Waals surface area contributed by atoms with E-state index < -0.39 is 0 Å².